The molecule has 2 rings (SSSR count). The van der Waals surface area contributed by atoms with Gasteiger partial charge >= 0.3 is 6.01 Å². The number of aryl methyl sites for hydroxylation is 1. The van der Waals surface area contributed by atoms with Crippen molar-refractivity contribution in [3.8, 4) is 0 Å². The lowest BCUT2D eigenvalue weighted by molar-refractivity contribution is 0.424. The van der Waals surface area contributed by atoms with Crippen LogP contribution in [0.4, 0.5) is 11.7 Å². The minimum atomic E-state index is 0.0699. The number of hydrogen-bond donors (Lipinski definition) is 2. The molecule has 0 aliphatic carbocycles. The Labute approximate surface area is 113 Å². The molecule has 0 aliphatic heterocycles. The van der Waals surface area contributed by atoms with Crippen LogP contribution in [-0.4, -0.2) is 16.7 Å². The molecule has 2 N–H and O–H groups in total. The molecule has 5 nitrogen and oxygen atoms in total. The van der Waals surface area contributed by atoms with E-state index in [1.807, 2.05) is 38.1 Å². The third-order valence-corrected chi connectivity index (χ3v) is 2.78. The van der Waals surface area contributed by atoms with Crippen LogP contribution < -0.4 is 10.6 Å². The van der Waals surface area contributed by atoms with Crippen LogP contribution in [0.25, 0.3) is 0 Å². The monoisotopic (exact) mass is 260 g/mol. The van der Waals surface area contributed by atoms with E-state index in [1.54, 1.807) is 0 Å². The van der Waals surface area contributed by atoms with Gasteiger partial charge in [0.1, 0.15) is 0 Å². The van der Waals surface area contributed by atoms with Crippen molar-refractivity contribution < 1.29 is 4.42 Å². The van der Waals surface area contributed by atoms with Crippen molar-refractivity contribution >= 4 is 11.7 Å². The number of benzene rings is 1. The maximum atomic E-state index is 5.59. The highest BCUT2D eigenvalue weighted by Crippen LogP contribution is 2.18. The standard InChI is InChI=1S/C14H20N4O/c1-4-8-15-11(3)13-17-18-14(19-13)16-12-7-5-6-10(2)9-12/h5-7,9,11,15H,4,8H2,1-3H3,(H,16,18). The Kier molecular flexibility index (Phi) is 4.52. The van der Waals surface area contributed by atoms with Gasteiger partial charge in [0.05, 0.1) is 6.04 Å². The predicted molar refractivity (Wildman–Crippen MR) is 75.5 cm³/mol. The molecule has 0 saturated carbocycles. The first-order valence-electron chi connectivity index (χ1n) is 6.59. The molecule has 1 aromatic heterocycles. The maximum absolute atomic E-state index is 5.59. The smallest absolute Gasteiger partial charge is 0.320 e. The van der Waals surface area contributed by atoms with Crippen LogP contribution >= 0.6 is 0 Å². The summed E-state index contributed by atoms with van der Waals surface area (Å²) >= 11 is 0. The van der Waals surface area contributed by atoms with Crippen LogP contribution in [0.5, 0.6) is 0 Å². The lowest BCUT2D eigenvalue weighted by atomic mass is 10.2. The van der Waals surface area contributed by atoms with Crippen LogP contribution in [0, 0.1) is 6.92 Å². The lowest BCUT2D eigenvalue weighted by Gasteiger charge is -2.07. The lowest BCUT2D eigenvalue weighted by Crippen LogP contribution is -2.19. The molecule has 0 spiro atoms. The third-order valence-electron chi connectivity index (χ3n) is 2.78. The largest absolute Gasteiger partial charge is 0.406 e. The first-order valence-corrected chi connectivity index (χ1v) is 6.59. The molecule has 102 valence electrons. The zero-order valence-electron chi connectivity index (χ0n) is 11.6. The van der Waals surface area contributed by atoms with Gasteiger partial charge in [0.2, 0.25) is 5.89 Å². The average molecular weight is 260 g/mol. The fourth-order valence-electron chi connectivity index (χ4n) is 1.75. The highest BCUT2D eigenvalue weighted by Gasteiger charge is 2.12. The maximum Gasteiger partial charge on any atom is 0.320 e. The first kappa shape index (κ1) is 13.5. The van der Waals surface area contributed by atoms with E-state index in [0.29, 0.717) is 11.9 Å². The molecule has 1 heterocycles. The zero-order chi connectivity index (χ0) is 13.7. The highest BCUT2D eigenvalue weighted by molar-refractivity contribution is 5.52. The molecular weight excluding hydrogens is 240 g/mol. The second-order valence-electron chi connectivity index (χ2n) is 4.62. The van der Waals surface area contributed by atoms with Gasteiger partial charge in [0.25, 0.3) is 0 Å². The molecule has 0 fully saturated rings. The summed E-state index contributed by atoms with van der Waals surface area (Å²) in [6.45, 7) is 7.11. The van der Waals surface area contributed by atoms with E-state index in [4.69, 9.17) is 4.42 Å². The number of rotatable bonds is 6. The van der Waals surface area contributed by atoms with E-state index in [9.17, 15) is 0 Å². The summed E-state index contributed by atoms with van der Waals surface area (Å²) in [4.78, 5) is 0. The summed E-state index contributed by atoms with van der Waals surface area (Å²) in [6, 6.07) is 8.52. The average Bonchev–Trinajstić information content (AvgIpc) is 2.84. The van der Waals surface area contributed by atoms with Crippen molar-refractivity contribution in [2.45, 2.75) is 33.2 Å². The zero-order valence-corrected chi connectivity index (χ0v) is 11.6. The van der Waals surface area contributed by atoms with Gasteiger partial charge < -0.3 is 15.1 Å². The van der Waals surface area contributed by atoms with Crippen molar-refractivity contribution in [2.75, 3.05) is 11.9 Å². The van der Waals surface area contributed by atoms with E-state index < -0.39 is 0 Å². The molecule has 1 unspecified atom stereocenters. The fraction of sp³-hybridized carbons (Fsp3) is 0.429. The van der Waals surface area contributed by atoms with Crippen molar-refractivity contribution in [3.05, 3.63) is 35.7 Å². The van der Waals surface area contributed by atoms with Gasteiger partial charge in [-0.3, -0.25) is 0 Å². The number of aromatic nitrogens is 2. The number of anilines is 2. The minimum Gasteiger partial charge on any atom is -0.406 e. The molecule has 5 heteroatoms. The Morgan fingerprint density at radius 1 is 1.32 bits per heavy atom. The number of nitrogens with one attached hydrogen (secondary N) is 2. The van der Waals surface area contributed by atoms with Crippen LogP contribution in [0.15, 0.2) is 28.7 Å². The van der Waals surface area contributed by atoms with Crippen molar-refractivity contribution in [1.82, 2.24) is 15.5 Å². The molecule has 0 aliphatic rings. The summed E-state index contributed by atoms with van der Waals surface area (Å²) in [5, 5.41) is 14.5. The molecule has 0 radical (unpaired) electrons. The molecule has 0 bridgehead atoms. The number of nitrogens with zero attached hydrogens (tertiary/aromatic N) is 2. The molecule has 1 atom stereocenters. The minimum absolute atomic E-state index is 0.0699. The summed E-state index contributed by atoms with van der Waals surface area (Å²) < 4.78 is 5.59. The predicted octanol–water partition coefficient (Wildman–Crippen LogP) is 3.18. The van der Waals surface area contributed by atoms with E-state index in [1.165, 1.54) is 5.56 Å². The van der Waals surface area contributed by atoms with E-state index >= 15 is 0 Å². The van der Waals surface area contributed by atoms with Crippen molar-refractivity contribution in [1.29, 1.82) is 0 Å². The van der Waals surface area contributed by atoms with Gasteiger partial charge in [-0.15, -0.1) is 5.10 Å². The van der Waals surface area contributed by atoms with Crippen molar-refractivity contribution in [3.63, 3.8) is 0 Å². The van der Waals surface area contributed by atoms with Gasteiger partial charge in [-0.25, -0.2) is 0 Å². The second-order valence-corrected chi connectivity index (χ2v) is 4.62. The fourth-order valence-corrected chi connectivity index (χ4v) is 1.75. The summed E-state index contributed by atoms with van der Waals surface area (Å²) in [5.41, 5.74) is 2.13. The van der Waals surface area contributed by atoms with Gasteiger partial charge in [-0.1, -0.05) is 24.2 Å². The molecule has 0 saturated heterocycles. The molecule has 19 heavy (non-hydrogen) atoms. The Morgan fingerprint density at radius 3 is 2.89 bits per heavy atom. The quantitative estimate of drug-likeness (QED) is 0.835. The van der Waals surface area contributed by atoms with Crippen molar-refractivity contribution in [2.24, 2.45) is 0 Å². The normalized spacial score (nSPS) is 12.4. The second kappa shape index (κ2) is 6.33. The molecular formula is C14H20N4O. The molecule has 0 amide bonds. The van der Waals surface area contributed by atoms with E-state index in [2.05, 4.69) is 27.8 Å². The Balaban J connectivity index is 2.01. The van der Waals surface area contributed by atoms with Gasteiger partial charge in [-0.05, 0) is 44.5 Å². The van der Waals surface area contributed by atoms with E-state index in [-0.39, 0.29) is 6.04 Å². The van der Waals surface area contributed by atoms with Gasteiger partial charge in [0, 0.05) is 5.69 Å². The Morgan fingerprint density at radius 2 is 2.16 bits per heavy atom. The van der Waals surface area contributed by atoms with Gasteiger partial charge in [0.15, 0.2) is 0 Å². The summed E-state index contributed by atoms with van der Waals surface area (Å²) in [5.74, 6) is 0.601. The summed E-state index contributed by atoms with van der Waals surface area (Å²) in [7, 11) is 0. The van der Waals surface area contributed by atoms with Crippen LogP contribution in [0.2, 0.25) is 0 Å². The van der Waals surface area contributed by atoms with Crippen LogP contribution in [0.1, 0.15) is 37.8 Å². The Hall–Kier alpha value is -1.88. The topological polar surface area (TPSA) is 63.0 Å². The SMILES string of the molecule is CCCNC(C)c1nnc(Nc2cccc(C)c2)o1. The van der Waals surface area contributed by atoms with Crippen LogP contribution in [0.3, 0.4) is 0 Å². The summed E-state index contributed by atoms with van der Waals surface area (Å²) in [6.07, 6.45) is 1.08. The van der Waals surface area contributed by atoms with Gasteiger partial charge in [-0.2, -0.15) is 0 Å². The highest BCUT2D eigenvalue weighted by atomic mass is 16.4. The molecule has 2 aromatic rings. The van der Waals surface area contributed by atoms with E-state index in [0.717, 1.165) is 18.7 Å². The molecule has 1 aromatic carbocycles. The number of hydrogen-bond acceptors (Lipinski definition) is 5. The first-order chi connectivity index (χ1) is 9.19. The Bertz CT molecular complexity index is 524. The third kappa shape index (κ3) is 3.79. The van der Waals surface area contributed by atoms with Crippen LogP contribution in [-0.2, 0) is 0 Å².